The van der Waals surface area contributed by atoms with Crippen LogP contribution in [-0.2, 0) is 11.3 Å². The molecule has 0 saturated carbocycles. The van der Waals surface area contributed by atoms with Gasteiger partial charge in [0.1, 0.15) is 6.54 Å². The number of aliphatic hydroxyl groups is 1. The number of aromatic nitrogens is 1. The summed E-state index contributed by atoms with van der Waals surface area (Å²) in [6.07, 6.45) is 7.98. The van der Waals surface area contributed by atoms with Crippen molar-refractivity contribution in [2.24, 2.45) is 0 Å². The number of nitrogens with zero attached hydrogens (tertiary/aromatic N) is 1. The number of hydrogen-bond donors (Lipinski definition) is 2. The molecule has 1 aromatic heterocycles. The third kappa shape index (κ3) is 3.49. The van der Waals surface area contributed by atoms with E-state index in [4.69, 9.17) is 6.42 Å². The zero-order valence-electron chi connectivity index (χ0n) is 8.60. The molecule has 0 aliphatic heterocycles. The van der Waals surface area contributed by atoms with Crippen molar-refractivity contribution in [1.82, 2.24) is 9.88 Å². The van der Waals surface area contributed by atoms with Crippen molar-refractivity contribution in [3.05, 3.63) is 24.0 Å². The highest BCUT2D eigenvalue weighted by molar-refractivity contribution is 5.75. The van der Waals surface area contributed by atoms with Gasteiger partial charge < -0.3 is 15.0 Å². The molecule has 1 aromatic rings. The summed E-state index contributed by atoms with van der Waals surface area (Å²) < 4.78 is 1.70. The van der Waals surface area contributed by atoms with Crippen LogP contribution in [-0.4, -0.2) is 22.1 Å². The fourth-order valence-corrected chi connectivity index (χ4v) is 1.18. The smallest absolute Gasteiger partial charge is 0.240 e. The second kappa shape index (κ2) is 5.23. The molecule has 0 aliphatic carbocycles. The van der Waals surface area contributed by atoms with Gasteiger partial charge in [0.05, 0.1) is 12.6 Å². The molecule has 0 aliphatic rings. The highest BCUT2D eigenvalue weighted by atomic mass is 16.3. The van der Waals surface area contributed by atoms with Crippen molar-refractivity contribution in [2.75, 3.05) is 6.54 Å². The molecule has 0 fully saturated rings. The van der Waals surface area contributed by atoms with Crippen molar-refractivity contribution in [3.8, 4) is 12.3 Å². The maximum absolute atomic E-state index is 11.3. The Labute approximate surface area is 88.9 Å². The molecule has 4 heteroatoms. The Bertz CT molecular complexity index is 374. The number of nitrogens with one attached hydrogen (secondary N) is 1. The maximum Gasteiger partial charge on any atom is 0.240 e. The van der Waals surface area contributed by atoms with E-state index in [9.17, 15) is 9.90 Å². The molecule has 0 radical (unpaired) electrons. The minimum atomic E-state index is -0.514. The molecule has 15 heavy (non-hydrogen) atoms. The monoisotopic (exact) mass is 206 g/mol. The van der Waals surface area contributed by atoms with Crippen LogP contribution in [0.1, 0.15) is 18.6 Å². The zero-order chi connectivity index (χ0) is 11.3. The standard InChI is InChI=1S/C11H14N2O2/c1-3-5-12-11(15)8-13-6-4-10(7-13)9(2)14/h1,4,6-7,9,14H,5,8H2,2H3,(H,12,15). The van der Waals surface area contributed by atoms with Crippen molar-refractivity contribution in [2.45, 2.75) is 19.6 Å². The van der Waals surface area contributed by atoms with Crippen LogP contribution in [0.15, 0.2) is 18.5 Å². The van der Waals surface area contributed by atoms with Gasteiger partial charge in [-0.1, -0.05) is 5.92 Å². The molecular weight excluding hydrogens is 192 g/mol. The van der Waals surface area contributed by atoms with Crippen molar-refractivity contribution in [1.29, 1.82) is 0 Å². The van der Waals surface area contributed by atoms with Crippen LogP contribution in [0.2, 0.25) is 0 Å². The Morgan fingerprint density at radius 1 is 1.80 bits per heavy atom. The summed E-state index contributed by atoms with van der Waals surface area (Å²) in [4.78, 5) is 11.3. The Morgan fingerprint density at radius 3 is 3.07 bits per heavy atom. The van der Waals surface area contributed by atoms with Gasteiger partial charge in [0.2, 0.25) is 5.91 Å². The number of amides is 1. The van der Waals surface area contributed by atoms with E-state index in [-0.39, 0.29) is 19.0 Å². The SMILES string of the molecule is C#CCNC(=O)Cn1ccc(C(C)O)c1. The van der Waals surface area contributed by atoms with Gasteiger partial charge in [-0.25, -0.2) is 0 Å². The molecule has 0 saturated heterocycles. The van der Waals surface area contributed by atoms with E-state index in [1.165, 1.54) is 0 Å². The molecule has 1 heterocycles. The zero-order valence-corrected chi connectivity index (χ0v) is 8.60. The average Bonchev–Trinajstić information content (AvgIpc) is 2.63. The van der Waals surface area contributed by atoms with Crippen LogP contribution < -0.4 is 5.32 Å². The van der Waals surface area contributed by atoms with E-state index in [0.29, 0.717) is 0 Å². The second-order valence-electron chi connectivity index (χ2n) is 3.27. The normalized spacial score (nSPS) is 11.8. The highest BCUT2D eigenvalue weighted by Gasteiger charge is 2.05. The number of aliphatic hydroxyl groups excluding tert-OH is 1. The van der Waals surface area contributed by atoms with E-state index in [2.05, 4.69) is 11.2 Å². The van der Waals surface area contributed by atoms with Gasteiger partial charge in [-0.3, -0.25) is 4.79 Å². The number of hydrogen-bond acceptors (Lipinski definition) is 2. The lowest BCUT2D eigenvalue weighted by atomic mass is 10.2. The molecule has 0 aromatic carbocycles. The summed E-state index contributed by atoms with van der Waals surface area (Å²) in [6.45, 7) is 2.13. The van der Waals surface area contributed by atoms with Crippen molar-refractivity contribution in [3.63, 3.8) is 0 Å². The molecule has 1 rings (SSSR count). The Morgan fingerprint density at radius 2 is 2.53 bits per heavy atom. The predicted molar refractivity (Wildman–Crippen MR) is 56.9 cm³/mol. The van der Waals surface area contributed by atoms with E-state index >= 15 is 0 Å². The first kappa shape index (κ1) is 11.3. The molecule has 0 bridgehead atoms. The van der Waals surface area contributed by atoms with Crippen LogP contribution in [0.5, 0.6) is 0 Å². The van der Waals surface area contributed by atoms with Crippen LogP contribution >= 0.6 is 0 Å². The van der Waals surface area contributed by atoms with Crippen molar-refractivity contribution >= 4 is 5.91 Å². The molecule has 1 amide bonds. The maximum atomic E-state index is 11.3. The fraction of sp³-hybridized carbons (Fsp3) is 0.364. The van der Waals surface area contributed by atoms with Crippen molar-refractivity contribution < 1.29 is 9.90 Å². The van der Waals surface area contributed by atoms with E-state index in [1.807, 2.05) is 0 Å². The van der Waals surface area contributed by atoms with Crippen LogP contribution in [0.25, 0.3) is 0 Å². The highest BCUT2D eigenvalue weighted by Crippen LogP contribution is 2.11. The van der Waals surface area contributed by atoms with Gasteiger partial charge in [0, 0.05) is 12.4 Å². The molecule has 0 spiro atoms. The number of carbonyl (C=O) groups excluding carboxylic acids is 1. The Hall–Kier alpha value is -1.73. The van der Waals surface area contributed by atoms with E-state index < -0.39 is 6.10 Å². The molecule has 4 nitrogen and oxygen atoms in total. The summed E-state index contributed by atoms with van der Waals surface area (Å²) in [5, 5.41) is 11.8. The molecule has 2 N–H and O–H groups in total. The average molecular weight is 206 g/mol. The minimum absolute atomic E-state index is 0.138. The van der Waals surface area contributed by atoms with Gasteiger partial charge in [-0.05, 0) is 18.6 Å². The van der Waals surface area contributed by atoms with Crippen LogP contribution in [0.4, 0.5) is 0 Å². The van der Waals surface area contributed by atoms with E-state index in [0.717, 1.165) is 5.56 Å². The Balaban J connectivity index is 2.50. The topological polar surface area (TPSA) is 54.3 Å². The third-order valence-corrected chi connectivity index (χ3v) is 1.97. The summed E-state index contributed by atoms with van der Waals surface area (Å²) in [5.74, 6) is 2.19. The first-order valence-electron chi connectivity index (χ1n) is 4.67. The lowest BCUT2D eigenvalue weighted by molar-refractivity contribution is -0.121. The second-order valence-corrected chi connectivity index (χ2v) is 3.27. The van der Waals surface area contributed by atoms with E-state index in [1.54, 1.807) is 30.0 Å². The number of terminal acetylenes is 1. The number of carbonyl (C=O) groups is 1. The quantitative estimate of drug-likeness (QED) is 0.696. The van der Waals surface area contributed by atoms with Gasteiger partial charge >= 0.3 is 0 Å². The largest absolute Gasteiger partial charge is 0.389 e. The first-order chi connectivity index (χ1) is 7.13. The van der Waals surface area contributed by atoms with Gasteiger partial charge in [0.25, 0.3) is 0 Å². The lowest BCUT2D eigenvalue weighted by Crippen LogP contribution is -2.27. The van der Waals surface area contributed by atoms with Crippen LogP contribution in [0, 0.1) is 12.3 Å². The Kier molecular flexibility index (Phi) is 3.95. The summed E-state index contributed by atoms with van der Waals surface area (Å²) in [5.41, 5.74) is 0.791. The van der Waals surface area contributed by atoms with Crippen LogP contribution in [0.3, 0.4) is 0 Å². The van der Waals surface area contributed by atoms with Gasteiger partial charge in [-0.2, -0.15) is 0 Å². The molecular formula is C11H14N2O2. The first-order valence-corrected chi connectivity index (χ1v) is 4.67. The minimum Gasteiger partial charge on any atom is -0.389 e. The summed E-state index contributed by atoms with van der Waals surface area (Å²) >= 11 is 0. The third-order valence-electron chi connectivity index (χ3n) is 1.97. The summed E-state index contributed by atoms with van der Waals surface area (Å²) in [7, 11) is 0. The van der Waals surface area contributed by atoms with Gasteiger partial charge in [-0.15, -0.1) is 6.42 Å². The fourth-order valence-electron chi connectivity index (χ4n) is 1.18. The molecule has 1 atom stereocenters. The lowest BCUT2D eigenvalue weighted by Gasteiger charge is -2.03. The molecule has 1 unspecified atom stereocenters. The predicted octanol–water partition coefficient (Wildman–Crippen LogP) is 0.291. The number of rotatable bonds is 4. The molecule has 80 valence electrons. The van der Waals surface area contributed by atoms with Gasteiger partial charge in [0.15, 0.2) is 0 Å². The summed E-state index contributed by atoms with van der Waals surface area (Å²) in [6, 6.07) is 1.78.